The second kappa shape index (κ2) is 7.58. The minimum Gasteiger partial charge on any atom is -0.491 e. The first-order valence-electron chi connectivity index (χ1n) is 6.37. The van der Waals surface area contributed by atoms with Gasteiger partial charge in [-0.15, -0.1) is 0 Å². The van der Waals surface area contributed by atoms with E-state index in [1.807, 2.05) is 31.2 Å². The maximum atomic E-state index is 5.73. The summed E-state index contributed by atoms with van der Waals surface area (Å²) in [7, 11) is 0. The number of ether oxygens (including phenoxy) is 1. The molecule has 4 heteroatoms. The van der Waals surface area contributed by atoms with Crippen LogP contribution in [0.25, 0.3) is 0 Å². The summed E-state index contributed by atoms with van der Waals surface area (Å²) in [4.78, 5) is 4.18. The molecule has 0 heterocycles. The predicted octanol–water partition coefficient (Wildman–Crippen LogP) is 2.08. The molecule has 1 unspecified atom stereocenters. The van der Waals surface area contributed by atoms with Gasteiger partial charge in [-0.25, -0.2) is 0 Å². The summed E-state index contributed by atoms with van der Waals surface area (Å²) < 4.78 is 5.66. The molecule has 0 spiro atoms. The maximum absolute atomic E-state index is 5.73. The van der Waals surface area contributed by atoms with E-state index in [1.165, 1.54) is 5.56 Å². The minimum atomic E-state index is 0.131. The molecule has 0 aromatic heterocycles. The second-order valence-corrected chi connectivity index (χ2v) is 4.44. The second-order valence-electron chi connectivity index (χ2n) is 4.44. The van der Waals surface area contributed by atoms with E-state index in [4.69, 9.17) is 10.5 Å². The van der Waals surface area contributed by atoms with Crippen molar-refractivity contribution in [1.29, 1.82) is 0 Å². The number of aryl methyl sites for hydroxylation is 1. The van der Waals surface area contributed by atoms with E-state index >= 15 is 0 Å². The van der Waals surface area contributed by atoms with Crippen molar-refractivity contribution < 1.29 is 4.74 Å². The van der Waals surface area contributed by atoms with Crippen LogP contribution in [0.3, 0.4) is 0 Å². The van der Waals surface area contributed by atoms with Crippen LogP contribution in [0.4, 0.5) is 0 Å². The SMILES string of the molecule is CCCN=C(N)NC(C)COc1ccc(C)cc1. The number of guanidine groups is 1. The highest BCUT2D eigenvalue weighted by Gasteiger charge is 2.03. The molecule has 100 valence electrons. The summed E-state index contributed by atoms with van der Waals surface area (Å²) in [5.74, 6) is 1.36. The summed E-state index contributed by atoms with van der Waals surface area (Å²) in [6, 6.07) is 8.13. The standard InChI is InChI=1S/C14H23N3O/c1-4-9-16-14(15)17-12(3)10-18-13-7-5-11(2)6-8-13/h5-8,12H,4,9-10H2,1-3H3,(H3,15,16,17). The molecule has 0 aliphatic heterocycles. The Bertz CT molecular complexity index is 373. The van der Waals surface area contributed by atoms with Gasteiger partial charge in [0.15, 0.2) is 5.96 Å². The van der Waals surface area contributed by atoms with Crippen LogP contribution < -0.4 is 15.8 Å². The van der Waals surface area contributed by atoms with Gasteiger partial charge in [0.05, 0.1) is 6.04 Å². The zero-order valence-corrected chi connectivity index (χ0v) is 11.4. The Balaban J connectivity index is 2.32. The number of nitrogens with zero attached hydrogens (tertiary/aromatic N) is 1. The summed E-state index contributed by atoms with van der Waals surface area (Å²) in [5, 5.41) is 3.10. The Labute approximate surface area is 109 Å². The third-order valence-corrected chi connectivity index (χ3v) is 2.42. The molecule has 1 aromatic rings. The highest BCUT2D eigenvalue weighted by atomic mass is 16.5. The molecule has 4 nitrogen and oxygen atoms in total. The summed E-state index contributed by atoms with van der Waals surface area (Å²) in [6.45, 7) is 7.46. The Hall–Kier alpha value is -1.71. The molecule has 0 radical (unpaired) electrons. The van der Waals surface area contributed by atoms with Gasteiger partial charge in [-0.1, -0.05) is 24.6 Å². The molecule has 1 rings (SSSR count). The lowest BCUT2D eigenvalue weighted by molar-refractivity contribution is 0.286. The number of hydrogen-bond acceptors (Lipinski definition) is 2. The number of nitrogens with one attached hydrogen (secondary N) is 1. The van der Waals surface area contributed by atoms with Gasteiger partial charge in [-0.2, -0.15) is 0 Å². The van der Waals surface area contributed by atoms with Crippen LogP contribution in [0.1, 0.15) is 25.8 Å². The van der Waals surface area contributed by atoms with Crippen LogP contribution in [0.5, 0.6) is 5.75 Å². The fraction of sp³-hybridized carbons (Fsp3) is 0.500. The largest absolute Gasteiger partial charge is 0.491 e. The average molecular weight is 249 g/mol. The van der Waals surface area contributed by atoms with Gasteiger partial charge in [0, 0.05) is 6.54 Å². The molecule has 0 aliphatic carbocycles. The fourth-order valence-corrected chi connectivity index (χ4v) is 1.43. The number of rotatable bonds is 6. The van der Waals surface area contributed by atoms with Crippen LogP contribution in [0.2, 0.25) is 0 Å². The molecule has 0 saturated carbocycles. The zero-order chi connectivity index (χ0) is 13.4. The molecular formula is C14H23N3O. The maximum Gasteiger partial charge on any atom is 0.188 e. The summed E-state index contributed by atoms with van der Waals surface area (Å²) >= 11 is 0. The van der Waals surface area contributed by atoms with Crippen molar-refractivity contribution in [3.63, 3.8) is 0 Å². The van der Waals surface area contributed by atoms with Gasteiger partial charge in [0.2, 0.25) is 0 Å². The Kier molecular flexibility index (Phi) is 6.05. The van der Waals surface area contributed by atoms with Crippen molar-refractivity contribution in [2.45, 2.75) is 33.2 Å². The van der Waals surface area contributed by atoms with Crippen molar-refractivity contribution in [3.8, 4) is 5.75 Å². The molecule has 0 saturated heterocycles. The van der Waals surface area contributed by atoms with Crippen LogP contribution in [-0.2, 0) is 0 Å². The Morgan fingerprint density at radius 2 is 2.06 bits per heavy atom. The number of nitrogens with two attached hydrogens (primary N) is 1. The Morgan fingerprint density at radius 3 is 2.67 bits per heavy atom. The van der Waals surface area contributed by atoms with Crippen molar-refractivity contribution in [2.75, 3.05) is 13.2 Å². The summed E-state index contributed by atoms with van der Waals surface area (Å²) in [5.41, 5.74) is 6.96. The van der Waals surface area contributed by atoms with Gasteiger partial charge < -0.3 is 15.8 Å². The van der Waals surface area contributed by atoms with Gasteiger partial charge in [0.1, 0.15) is 12.4 Å². The van der Waals surface area contributed by atoms with Crippen molar-refractivity contribution >= 4 is 5.96 Å². The van der Waals surface area contributed by atoms with E-state index in [9.17, 15) is 0 Å². The lowest BCUT2D eigenvalue weighted by atomic mass is 10.2. The predicted molar refractivity (Wildman–Crippen MR) is 76.1 cm³/mol. The van der Waals surface area contributed by atoms with Crippen LogP contribution in [0, 0.1) is 6.92 Å². The highest BCUT2D eigenvalue weighted by molar-refractivity contribution is 5.78. The molecule has 3 N–H and O–H groups in total. The normalized spacial score (nSPS) is 13.2. The first kappa shape index (κ1) is 14.4. The van der Waals surface area contributed by atoms with E-state index in [2.05, 4.69) is 24.2 Å². The highest BCUT2D eigenvalue weighted by Crippen LogP contribution is 2.11. The number of hydrogen-bond donors (Lipinski definition) is 2. The Morgan fingerprint density at radius 1 is 1.39 bits per heavy atom. The van der Waals surface area contributed by atoms with Gasteiger partial charge in [-0.05, 0) is 32.4 Å². The van der Waals surface area contributed by atoms with Gasteiger partial charge >= 0.3 is 0 Å². The smallest absolute Gasteiger partial charge is 0.188 e. The van der Waals surface area contributed by atoms with Crippen molar-refractivity contribution in [3.05, 3.63) is 29.8 Å². The van der Waals surface area contributed by atoms with Crippen molar-refractivity contribution in [1.82, 2.24) is 5.32 Å². The zero-order valence-electron chi connectivity index (χ0n) is 11.4. The minimum absolute atomic E-state index is 0.131. The quantitative estimate of drug-likeness (QED) is 0.599. The molecule has 0 bridgehead atoms. The van der Waals surface area contributed by atoms with Gasteiger partial charge in [0.25, 0.3) is 0 Å². The third kappa shape index (κ3) is 5.57. The molecule has 0 amide bonds. The molecular weight excluding hydrogens is 226 g/mol. The average Bonchev–Trinajstić information content (AvgIpc) is 2.35. The molecule has 0 fully saturated rings. The van der Waals surface area contributed by atoms with Crippen molar-refractivity contribution in [2.24, 2.45) is 10.7 Å². The van der Waals surface area contributed by atoms with Crippen LogP contribution >= 0.6 is 0 Å². The van der Waals surface area contributed by atoms with E-state index in [0.717, 1.165) is 18.7 Å². The van der Waals surface area contributed by atoms with E-state index in [-0.39, 0.29) is 6.04 Å². The fourth-order valence-electron chi connectivity index (χ4n) is 1.43. The molecule has 1 atom stereocenters. The number of benzene rings is 1. The first-order chi connectivity index (χ1) is 8.61. The summed E-state index contributed by atoms with van der Waals surface area (Å²) in [6.07, 6.45) is 0.997. The topological polar surface area (TPSA) is 59.6 Å². The molecule has 1 aromatic carbocycles. The monoisotopic (exact) mass is 249 g/mol. The number of aliphatic imine (C=N–C) groups is 1. The molecule has 0 aliphatic rings. The van der Waals surface area contributed by atoms with Crippen LogP contribution in [-0.4, -0.2) is 25.2 Å². The van der Waals surface area contributed by atoms with Gasteiger partial charge in [-0.3, -0.25) is 4.99 Å². The lowest BCUT2D eigenvalue weighted by Gasteiger charge is -2.15. The van der Waals surface area contributed by atoms with E-state index in [0.29, 0.717) is 12.6 Å². The van der Waals surface area contributed by atoms with Crippen LogP contribution in [0.15, 0.2) is 29.3 Å². The third-order valence-electron chi connectivity index (χ3n) is 2.42. The molecule has 18 heavy (non-hydrogen) atoms. The van der Waals surface area contributed by atoms with E-state index in [1.54, 1.807) is 0 Å². The lowest BCUT2D eigenvalue weighted by Crippen LogP contribution is -2.41. The first-order valence-corrected chi connectivity index (χ1v) is 6.37. The van der Waals surface area contributed by atoms with E-state index < -0.39 is 0 Å².